The van der Waals surface area contributed by atoms with Crippen molar-refractivity contribution >= 4 is 43.5 Å². The first-order valence-corrected chi connectivity index (χ1v) is 13.2. The van der Waals surface area contributed by atoms with Gasteiger partial charge in [0.05, 0.1) is 26.2 Å². The largest absolute Gasteiger partial charge is 0.493 e. The first-order chi connectivity index (χ1) is 16.0. The summed E-state index contributed by atoms with van der Waals surface area (Å²) in [4.78, 5) is 27.4. The summed E-state index contributed by atoms with van der Waals surface area (Å²) in [5.74, 6) is -0.114. The number of hydrogen-bond donors (Lipinski definition) is 1. The van der Waals surface area contributed by atoms with Crippen LogP contribution in [0.5, 0.6) is 11.5 Å². The van der Waals surface area contributed by atoms with Gasteiger partial charge < -0.3 is 19.7 Å². The smallest absolute Gasteiger partial charge is 0.244 e. The Morgan fingerprint density at radius 1 is 1.09 bits per heavy atom. The van der Waals surface area contributed by atoms with Gasteiger partial charge in [-0.3, -0.25) is 13.9 Å². The van der Waals surface area contributed by atoms with E-state index >= 15 is 0 Å². The van der Waals surface area contributed by atoms with Crippen LogP contribution in [0, 0.1) is 0 Å². The lowest BCUT2D eigenvalue weighted by Gasteiger charge is -2.31. The topological polar surface area (TPSA) is 105 Å². The highest BCUT2D eigenvalue weighted by atomic mass is 79.9. The van der Waals surface area contributed by atoms with E-state index in [0.717, 1.165) is 20.6 Å². The Bertz CT molecular complexity index is 1130. The number of benzene rings is 2. The predicted molar refractivity (Wildman–Crippen MR) is 135 cm³/mol. The minimum atomic E-state index is -3.85. The molecule has 0 spiro atoms. The molecule has 34 heavy (non-hydrogen) atoms. The first-order valence-electron chi connectivity index (χ1n) is 10.5. The van der Waals surface area contributed by atoms with Crippen LogP contribution in [0.15, 0.2) is 46.9 Å². The highest BCUT2D eigenvalue weighted by Crippen LogP contribution is 2.32. The van der Waals surface area contributed by atoms with Crippen molar-refractivity contribution in [2.45, 2.75) is 26.4 Å². The minimum Gasteiger partial charge on any atom is -0.493 e. The molecule has 1 atom stereocenters. The number of anilines is 1. The third-order valence-electron chi connectivity index (χ3n) is 5.09. The number of carbonyl (C=O) groups excluding carboxylic acids is 2. The Labute approximate surface area is 209 Å². The Hall–Kier alpha value is -2.79. The Morgan fingerprint density at radius 3 is 2.32 bits per heavy atom. The van der Waals surface area contributed by atoms with Gasteiger partial charge in [-0.15, -0.1) is 0 Å². The van der Waals surface area contributed by atoms with E-state index in [-0.39, 0.29) is 18.1 Å². The van der Waals surface area contributed by atoms with Crippen molar-refractivity contribution < 1.29 is 27.5 Å². The molecule has 2 rings (SSSR count). The summed E-state index contributed by atoms with van der Waals surface area (Å²) in [6, 6.07) is 11.1. The molecule has 0 aliphatic carbocycles. The normalized spacial score (nSPS) is 11.9. The average Bonchev–Trinajstić information content (AvgIpc) is 2.79. The van der Waals surface area contributed by atoms with Crippen LogP contribution >= 0.6 is 15.9 Å². The summed E-state index contributed by atoms with van der Waals surface area (Å²) in [7, 11) is -0.939. The molecule has 0 radical (unpaired) electrons. The molecule has 9 nitrogen and oxygen atoms in total. The number of likely N-dealkylation sites (N-methyl/N-ethyl adjacent to an activating group) is 1. The molecule has 0 bridgehead atoms. The number of sulfonamides is 1. The second-order valence-corrected chi connectivity index (χ2v) is 10.4. The first kappa shape index (κ1) is 27.5. The molecule has 0 saturated carbocycles. The van der Waals surface area contributed by atoms with Crippen LogP contribution in [-0.4, -0.2) is 64.7 Å². The molecule has 2 aromatic carbocycles. The van der Waals surface area contributed by atoms with Crippen LogP contribution in [0.4, 0.5) is 5.69 Å². The van der Waals surface area contributed by atoms with Gasteiger partial charge >= 0.3 is 0 Å². The van der Waals surface area contributed by atoms with Crippen molar-refractivity contribution in [3.63, 3.8) is 0 Å². The zero-order valence-corrected chi connectivity index (χ0v) is 22.3. The van der Waals surface area contributed by atoms with E-state index in [4.69, 9.17) is 9.47 Å². The third-order valence-corrected chi connectivity index (χ3v) is 6.73. The number of rotatable bonds is 11. The van der Waals surface area contributed by atoms with Crippen LogP contribution in [0.3, 0.4) is 0 Å². The molecular formula is C23H30BrN3O6S. The lowest BCUT2D eigenvalue weighted by atomic mass is 10.1. The van der Waals surface area contributed by atoms with Gasteiger partial charge in [-0.25, -0.2) is 8.42 Å². The lowest BCUT2D eigenvalue weighted by molar-refractivity contribution is -0.139. The summed E-state index contributed by atoms with van der Waals surface area (Å²) in [6.45, 7) is 3.44. The van der Waals surface area contributed by atoms with Crippen LogP contribution in [0.1, 0.15) is 19.4 Å². The van der Waals surface area contributed by atoms with E-state index in [9.17, 15) is 18.0 Å². The number of nitrogens with zero attached hydrogens (tertiary/aromatic N) is 2. The van der Waals surface area contributed by atoms with Gasteiger partial charge in [-0.05, 0) is 43.7 Å². The van der Waals surface area contributed by atoms with Crippen molar-refractivity contribution in [1.29, 1.82) is 0 Å². The van der Waals surface area contributed by atoms with Crippen molar-refractivity contribution in [2.75, 3.05) is 37.9 Å². The van der Waals surface area contributed by atoms with Gasteiger partial charge in [0.25, 0.3) is 0 Å². The number of hydrogen-bond acceptors (Lipinski definition) is 6. The van der Waals surface area contributed by atoms with Gasteiger partial charge in [0.2, 0.25) is 21.8 Å². The van der Waals surface area contributed by atoms with E-state index in [1.54, 1.807) is 19.9 Å². The fourth-order valence-electron chi connectivity index (χ4n) is 3.33. The summed E-state index contributed by atoms with van der Waals surface area (Å²) in [5, 5.41) is 2.72. The van der Waals surface area contributed by atoms with Gasteiger partial charge in [-0.2, -0.15) is 0 Å². The van der Waals surface area contributed by atoms with Crippen LogP contribution in [0.25, 0.3) is 0 Å². The third kappa shape index (κ3) is 7.10. The van der Waals surface area contributed by atoms with E-state index in [1.807, 2.05) is 24.3 Å². The van der Waals surface area contributed by atoms with Gasteiger partial charge in [-0.1, -0.05) is 28.1 Å². The maximum Gasteiger partial charge on any atom is 0.244 e. The summed E-state index contributed by atoms with van der Waals surface area (Å²) in [6.07, 6.45) is 1.02. The van der Waals surface area contributed by atoms with E-state index < -0.39 is 28.5 Å². The zero-order chi connectivity index (χ0) is 25.5. The molecule has 0 fully saturated rings. The molecule has 0 aliphatic rings. The Balaban J connectivity index is 2.43. The molecule has 1 N–H and O–H groups in total. The second kappa shape index (κ2) is 12.1. The van der Waals surface area contributed by atoms with Crippen molar-refractivity contribution in [3.8, 4) is 11.5 Å². The highest BCUT2D eigenvalue weighted by Gasteiger charge is 2.30. The zero-order valence-electron chi connectivity index (χ0n) is 19.9. The molecule has 2 aromatic rings. The van der Waals surface area contributed by atoms with Crippen molar-refractivity contribution in [2.24, 2.45) is 0 Å². The molecule has 2 amide bonds. The SMILES string of the molecule is CCNC(=O)[C@H](C)N(Cc1cccc(Br)c1)C(=O)CN(c1ccc(OC)c(OC)c1)S(C)(=O)=O. The monoisotopic (exact) mass is 555 g/mol. The predicted octanol–water partition coefficient (Wildman–Crippen LogP) is 2.79. The summed E-state index contributed by atoms with van der Waals surface area (Å²) in [5.41, 5.74) is 1.03. The standard InChI is InChI=1S/C23H30BrN3O6S/c1-6-25-23(29)16(2)26(14-17-8-7-9-18(24)12-17)22(28)15-27(34(5,30)31)19-10-11-20(32-3)21(13-19)33-4/h7-13,16H,6,14-15H2,1-5H3,(H,25,29)/t16-/m0/s1. The fraction of sp³-hybridized carbons (Fsp3) is 0.391. The quantitative estimate of drug-likeness (QED) is 0.457. The number of methoxy groups -OCH3 is 2. The number of carbonyl (C=O) groups is 2. The molecular weight excluding hydrogens is 526 g/mol. The summed E-state index contributed by atoms with van der Waals surface area (Å²) >= 11 is 3.41. The van der Waals surface area contributed by atoms with Crippen molar-refractivity contribution in [3.05, 3.63) is 52.5 Å². The van der Waals surface area contributed by atoms with Crippen LogP contribution in [-0.2, 0) is 26.2 Å². The molecule has 0 saturated heterocycles. The van der Waals surface area contributed by atoms with Crippen molar-refractivity contribution in [1.82, 2.24) is 10.2 Å². The fourth-order valence-corrected chi connectivity index (χ4v) is 4.62. The number of amides is 2. The lowest BCUT2D eigenvalue weighted by Crippen LogP contribution is -2.51. The van der Waals surface area contributed by atoms with Gasteiger partial charge in [0, 0.05) is 23.6 Å². The van der Waals surface area contributed by atoms with Crippen LogP contribution in [0.2, 0.25) is 0 Å². The maximum absolute atomic E-state index is 13.5. The molecule has 11 heteroatoms. The average molecular weight is 556 g/mol. The molecule has 186 valence electrons. The van der Waals surface area contributed by atoms with E-state index in [1.165, 1.54) is 31.3 Å². The Morgan fingerprint density at radius 2 is 1.76 bits per heavy atom. The molecule has 0 aliphatic heterocycles. The molecule has 0 unspecified atom stereocenters. The van der Waals surface area contributed by atoms with Gasteiger partial charge in [0.15, 0.2) is 11.5 Å². The second-order valence-electron chi connectivity index (χ2n) is 7.53. The number of ether oxygens (including phenoxy) is 2. The Kier molecular flexibility index (Phi) is 9.75. The van der Waals surface area contributed by atoms with Crippen LogP contribution < -0.4 is 19.1 Å². The van der Waals surface area contributed by atoms with E-state index in [0.29, 0.717) is 18.0 Å². The number of nitrogens with one attached hydrogen (secondary N) is 1. The van der Waals surface area contributed by atoms with Gasteiger partial charge in [0.1, 0.15) is 12.6 Å². The number of halogens is 1. The van der Waals surface area contributed by atoms with E-state index in [2.05, 4.69) is 21.2 Å². The summed E-state index contributed by atoms with van der Waals surface area (Å²) < 4.78 is 37.6. The molecule has 0 heterocycles. The molecule has 0 aromatic heterocycles. The maximum atomic E-state index is 13.5. The minimum absolute atomic E-state index is 0.125. The highest BCUT2D eigenvalue weighted by molar-refractivity contribution is 9.10.